The van der Waals surface area contributed by atoms with E-state index in [9.17, 15) is 26.4 Å². The smallest absolute Gasteiger partial charge is 0.247 e. The Labute approximate surface area is 315 Å². The lowest BCUT2D eigenvalue weighted by Crippen LogP contribution is -2.50. The number of amides is 2. The Balaban J connectivity index is 0.000000229. The van der Waals surface area contributed by atoms with Crippen molar-refractivity contribution in [3.63, 3.8) is 0 Å². The molecule has 3 heterocycles. The summed E-state index contributed by atoms with van der Waals surface area (Å²) in [5.41, 5.74) is 2.37. The molecule has 1 saturated heterocycles. The number of sulfone groups is 2. The summed E-state index contributed by atoms with van der Waals surface area (Å²) in [5.74, 6) is -1.07. The molecule has 2 aliphatic rings. The molecule has 0 unspecified atom stereocenters. The summed E-state index contributed by atoms with van der Waals surface area (Å²) in [6.07, 6.45) is 3.94. The number of ether oxygens (including phenoxy) is 1. The van der Waals surface area contributed by atoms with Gasteiger partial charge in [-0.2, -0.15) is 0 Å². The lowest BCUT2D eigenvalue weighted by Gasteiger charge is -2.30. The number of carbonyl (C=O) groups is 2. The molecule has 282 valence electrons. The summed E-state index contributed by atoms with van der Waals surface area (Å²) in [5, 5.41) is 7.71. The number of anilines is 2. The number of thiazole rings is 2. The zero-order valence-electron chi connectivity index (χ0n) is 30.5. The Hall–Kier alpha value is -2.43. The van der Waals surface area contributed by atoms with Gasteiger partial charge in [0.05, 0.1) is 21.9 Å². The first-order chi connectivity index (χ1) is 23.6. The number of rotatable bonds is 9. The summed E-state index contributed by atoms with van der Waals surface area (Å²) < 4.78 is 53.8. The van der Waals surface area contributed by atoms with Crippen molar-refractivity contribution in [3.8, 4) is 11.3 Å². The first kappa shape index (κ1) is 41.3. The van der Waals surface area contributed by atoms with Crippen molar-refractivity contribution < 1.29 is 31.2 Å². The molecule has 0 radical (unpaired) electrons. The van der Waals surface area contributed by atoms with E-state index in [4.69, 9.17) is 16.3 Å². The Morgan fingerprint density at radius 3 is 1.76 bits per heavy atom. The number of carbonyl (C=O) groups excluding carboxylic acids is 2. The van der Waals surface area contributed by atoms with Gasteiger partial charge in [-0.25, -0.2) is 26.8 Å². The molecular weight excluding hydrogens is 752 g/mol. The van der Waals surface area contributed by atoms with Crippen LogP contribution >= 0.6 is 34.3 Å². The lowest BCUT2D eigenvalue weighted by molar-refractivity contribution is -0.118. The standard InChI is InChI=1S/C18H21ClN2O3S2.C17H28N2O4S2/c1-18(2,26(23,24)14-5-3-4-6-14)16(22)21-17-20-15(11-25-17)12-7-9-13(19)10-8-12;1-11-13(16(2,3)4)24-15(18-11)19-14(20)17(5,6)25(21,22)12-7-9-23-10-8-12/h7-11,14H,3-6H2,1-2H3,(H,20,21,22);12H,7-10H2,1-6H3,(H,18,19,20). The predicted octanol–water partition coefficient (Wildman–Crippen LogP) is 7.60. The van der Waals surface area contributed by atoms with Crippen molar-refractivity contribution in [1.29, 1.82) is 0 Å². The van der Waals surface area contributed by atoms with E-state index >= 15 is 0 Å². The van der Waals surface area contributed by atoms with E-state index in [0.717, 1.165) is 29.0 Å². The maximum Gasteiger partial charge on any atom is 0.247 e. The summed E-state index contributed by atoms with van der Waals surface area (Å²) in [6, 6.07) is 7.23. The van der Waals surface area contributed by atoms with Crippen LogP contribution in [0.3, 0.4) is 0 Å². The topological polar surface area (TPSA) is 161 Å². The maximum atomic E-state index is 12.9. The maximum absolute atomic E-state index is 12.9. The molecule has 1 aromatic carbocycles. The molecule has 2 fully saturated rings. The summed E-state index contributed by atoms with van der Waals surface area (Å²) in [4.78, 5) is 35.3. The van der Waals surface area contributed by atoms with Crippen LogP contribution in [0.15, 0.2) is 29.6 Å². The number of nitrogens with zero attached hydrogens (tertiary/aromatic N) is 2. The normalized spacial score (nSPS) is 16.7. The van der Waals surface area contributed by atoms with Crippen LogP contribution in [-0.4, -0.2) is 71.8 Å². The number of halogens is 1. The molecule has 16 heteroatoms. The van der Waals surface area contributed by atoms with Gasteiger partial charge in [0.15, 0.2) is 29.9 Å². The highest BCUT2D eigenvalue weighted by molar-refractivity contribution is 7.94. The molecule has 1 aliphatic carbocycles. The monoisotopic (exact) mass is 800 g/mol. The summed E-state index contributed by atoms with van der Waals surface area (Å²) >= 11 is 8.55. The highest BCUT2D eigenvalue weighted by Crippen LogP contribution is 2.36. The van der Waals surface area contributed by atoms with Crippen LogP contribution in [0.4, 0.5) is 10.3 Å². The largest absolute Gasteiger partial charge is 0.381 e. The first-order valence-corrected chi connectivity index (χ1v) is 22.1. The number of hydrogen-bond donors (Lipinski definition) is 2. The van der Waals surface area contributed by atoms with Gasteiger partial charge in [-0.1, -0.05) is 57.3 Å². The van der Waals surface area contributed by atoms with Crippen LogP contribution in [-0.2, 0) is 39.4 Å². The van der Waals surface area contributed by atoms with Gasteiger partial charge in [0.25, 0.3) is 0 Å². The van der Waals surface area contributed by atoms with Gasteiger partial charge < -0.3 is 15.4 Å². The second-order valence-electron chi connectivity index (χ2n) is 15.0. The van der Waals surface area contributed by atoms with E-state index < -0.39 is 51.5 Å². The van der Waals surface area contributed by atoms with Gasteiger partial charge in [-0.3, -0.25) is 9.59 Å². The van der Waals surface area contributed by atoms with Crippen molar-refractivity contribution in [2.24, 2.45) is 0 Å². The van der Waals surface area contributed by atoms with E-state index in [1.54, 1.807) is 12.1 Å². The number of aromatic nitrogens is 2. The highest BCUT2D eigenvalue weighted by Gasteiger charge is 2.48. The molecule has 2 amide bonds. The fraction of sp³-hybridized carbons (Fsp3) is 0.600. The number of aryl methyl sites for hydroxylation is 1. The SMILES string of the molecule is CC(C)(C(=O)Nc1nc(-c2ccc(Cl)cc2)cs1)S(=O)(=O)C1CCCC1.Cc1nc(NC(=O)C(C)(C)S(=O)(=O)C2CCOCC2)sc1C(C)(C)C. The molecule has 0 atom stereocenters. The zero-order chi connectivity index (χ0) is 38.0. The lowest BCUT2D eigenvalue weighted by atomic mass is 9.94. The van der Waals surface area contributed by atoms with Crippen LogP contribution in [0.2, 0.25) is 5.02 Å². The van der Waals surface area contributed by atoms with Crippen molar-refractivity contribution in [1.82, 2.24) is 9.97 Å². The van der Waals surface area contributed by atoms with Crippen LogP contribution < -0.4 is 10.6 Å². The average molecular weight is 802 g/mol. The second kappa shape index (κ2) is 15.9. The van der Waals surface area contributed by atoms with Gasteiger partial charge in [0.1, 0.15) is 9.49 Å². The minimum Gasteiger partial charge on any atom is -0.381 e. The average Bonchev–Trinajstić information content (AvgIpc) is 3.84. The molecule has 51 heavy (non-hydrogen) atoms. The Morgan fingerprint density at radius 2 is 1.27 bits per heavy atom. The molecule has 5 rings (SSSR count). The van der Waals surface area contributed by atoms with Crippen molar-refractivity contribution in [2.45, 2.75) is 119 Å². The minimum absolute atomic E-state index is 0.0750. The van der Waals surface area contributed by atoms with Gasteiger partial charge in [0.2, 0.25) is 11.8 Å². The van der Waals surface area contributed by atoms with Crippen LogP contribution in [0.5, 0.6) is 0 Å². The van der Waals surface area contributed by atoms with Gasteiger partial charge in [0, 0.05) is 34.1 Å². The van der Waals surface area contributed by atoms with E-state index in [2.05, 4.69) is 41.4 Å². The van der Waals surface area contributed by atoms with Crippen LogP contribution in [0.1, 0.15) is 97.6 Å². The fourth-order valence-corrected chi connectivity index (χ4v) is 11.9. The van der Waals surface area contributed by atoms with Crippen LogP contribution in [0.25, 0.3) is 11.3 Å². The van der Waals surface area contributed by atoms with Crippen LogP contribution in [0, 0.1) is 6.92 Å². The second-order valence-corrected chi connectivity index (χ2v) is 22.8. The van der Waals surface area contributed by atoms with Crippen molar-refractivity contribution in [3.05, 3.63) is 45.2 Å². The third kappa shape index (κ3) is 9.21. The summed E-state index contributed by atoms with van der Waals surface area (Å²) in [6.45, 7) is 14.9. The van der Waals surface area contributed by atoms with E-state index in [0.29, 0.717) is 59.9 Å². The van der Waals surface area contributed by atoms with Gasteiger partial charge >= 0.3 is 0 Å². The van der Waals surface area contributed by atoms with E-state index in [-0.39, 0.29) is 5.41 Å². The molecule has 11 nitrogen and oxygen atoms in total. The highest BCUT2D eigenvalue weighted by atomic mass is 35.5. The Bertz CT molecular complexity index is 1920. The number of benzene rings is 1. The van der Waals surface area contributed by atoms with Crippen molar-refractivity contribution in [2.75, 3.05) is 23.8 Å². The summed E-state index contributed by atoms with van der Waals surface area (Å²) in [7, 11) is -7.19. The van der Waals surface area contributed by atoms with E-state index in [1.807, 2.05) is 24.4 Å². The van der Waals surface area contributed by atoms with Gasteiger partial charge in [-0.15, -0.1) is 22.7 Å². The molecular formula is C35H49ClN4O7S4. The molecule has 3 aromatic rings. The quantitative estimate of drug-likeness (QED) is 0.222. The fourth-order valence-electron chi connectivity index (χ4n) is 6.00. The Morgan fingerprint density at radius 1 is 0.784 bits per heavy atom. The molecule has 2 aromatic heterocycles. The molecule has 0 bridgehead atoms. The minimum atomic E-state index is -3.63. The molecule has 1 saturated carbocycles. The molecule has 1 aliphatic heterocycles. The zero-order valence-corrected chi connectivity index (χ0v) is 34.5. The molecule has 0 spiro atoms. The predicted molar refractivity (Wildman–Crippen MR) is 207 cm³/mol. The third-order valence-electron chi connectivity index (χ3n) is 9.43. The number of nitrogens with one attached hydrogen (secondary N) is 2. The first-order valence-electron chi connectivity index (χ1n) is 17.0. The molecule has 2 N–H and O–H groups in total. The third-order valence-corrected chi connectivity index (χ3v) is 17.8. The number of hydrogen-bond acceptors (Lipinski definition) is 11. The van der Waals surface area contributed by atoms with Crippen molar-refractivity contribution >= 4 is 76.0 Å². The Kier molecular flexibility index (Phi) is 12.9. The van der Waals surface area contributed by atoms with Gasteiger partial charge in [-0.05, 0) is 77.8 Å². The van der Waals surface area contributed by atoms with E-state index in [1.165, 1.54) is 50.4 Å².